The average Bonchev–Trinajstić information content (AvgIpc) is 2.59. The Kier molecular flexibility index (Phi) is 2.27. The highest BCUT2D eigenvalue weighted by atomic mass is 32.2. The van der Waals surface area contributed by atoms with E-state index in [2.05, 4.69) is 9.71 Å². The van der Waals surface area contributed by atoms with Gasteiger partial charge in [0.05, 0.1) is 12.7 Å². The first kappa shape index (κ1) is 9.59. The molecule has 3 N–H and O–H groups in total. The molecule has 0 aliphatic rings. The van der Waals surface area contributed by atoms with E-state index in [1.165, 1.54) is 11.3 Å². The molecule has 0 aliphatic carbocycles. The van der Waals surface area contributed by atoms with E-state index in [1.54, 1.807) is 12.5 Å². The Labute approximate surface area is 84.6 Å². The predicted molar refractivity (Wildman–Crippen MR) is 53.0 cm³/mol. The summed E-state index contributed by atoms with van der Waals surface area (Å²) >= 11 is 1.50. The number of nitrogens with one attached hydrogen (secondary N) is 1. The highest BCUT2D eigenvalue weighted by Crippen LogP contribution is 2.15. The molecule has 0 fully saturated rings. The Morgan fingerprint density at radius 3 is 3.14 bits per heavy atom. The number of rotatable bonds is 3. The van der Waals surface area contributed by atoms with Crippen LogP contribution >= 0.6 is 11.3 Å². The molecule has 2 heterocycles. The number of nitrogens with two attached hydrogens (primary N) is 1. The molecular weight excluding hydrogens is 224 g/mol. The molecule has 0 amide bonds. The van der Waals surface area contributed by atoms with E-state index in [1.807, 2.05) is 9.78 Å². The first-order valence-electron chi connectivity index (χ1n) is 3.72. The molecule has 0 saturated heterocycles. The van der Waals surface area contributed by atoms with Crippen molar-refractivity contribution in [2.45, 2.75) is 6.54 Å². The van der Waals surface area contributed by atoms with E-state index in [9.17, 15) is 8.42 Å². The summed E-state index contributed by atoms with van der Waals surface area (Å²) in [5.41, 5.74) is 0.816. The minimum atomic E-state index is -3.63. The summed E-state index contributed by atoms with van der Waals surface area (Å²) in [5, 5.41) is 6.67. The van der Waals surface area contributed by atoms with E-state index in [0.717, 1.165) is 10.5 Å². The number of nitrogens with zero attached hydrogens (tertiary/aromatic N) is 2. The van der Waals surface area contributed by atoms with Gasteiger partial charge < -0.3 is 0 Å². The summed E-state index contributed by atoms with van der Waals surface area (Å²) in [6.45, 7) is 0.176. The van der Waals surface area contributed by atoms with Gasteiger partial charge in [0, 0.05) is 11.1 Å². The van der Waals surface area contributed by atoms with E-state index in [-0.39, 0.29) is 6.54 Å². The van der Waals surface area contributed by atoms with Crippen LogP contribution in [0, 0.1) is 0 Å². The van der Waals surface area contributed by atoms with Crippen molar-refractivity contribution in [1.82, 2.24) is 14.1 Å². The maximum absolute atomic E-state index is 10.6. The molecule has 0 saturated carbocycles. The number of fused-ring (bicyclic) bond motifs is 1. The van der Waals surface area contributed by atoms with Gasteiger partial charge in [0.1, 0.15) is 11.2 Å². The van der Waals surface area contributed by atoms with E-state index in [0.29, 0.717) is 0 Å². The van der Waals surface area contributed by atoms with Crippen molar-refractivity contribution in [2.75, 3.05) is 0 Å². The van der Waals surface area contributed by atoms with Crippen molar-refractivity contribution in [3.63, 3.8) is 0 Å². The molecule has 14 heavy (non-hydrogen) atoms. The normalized spacial score (nSPS) is 12.4. The third-order valence-electron chi connectivity index (χ3n) is 1.68. The number of imidazole rings is 1. The molecule has 0 aliphatic heterocycles. The van der Waals surface area contributed by atoms with Crippen molar-refractivity contribution in [1.29, 1.82) is 0 Å². The lowest BCUT2D eigenvalue weighted by Gasteiger charge is -1.99. The molecule has 0 spiro atoms. The van der Waals surface area contributed by atoms with Crippen LogP contribution in [0.3, 0.4) is 0 Å². The summed E-state index contributed by atoms with van der Waals surface area (Å²) in [7, 11) is -3.63. The molecule has 2 aromatic heterocycles. The van der Waals surface area contributed by atoms with Gasteiger partial charge in [-0.15, -0.1) is 11.3 Å². The zero-order chi connectivity index (χ0) is 10.2. The summed E-state index contributed by atoms with van der Waals surface area (Å²) in [6.07, 6.45) is 3.34. The lowest BCUT2D eigenvalue weighted by molar-refractivity contribution is 0.582. The van der Waals surface area contributed by atoms with Gasteiger partial charge in [0.25, 0.3) is 10.2 Å². The lowest BCUT2D eigenvalue weighted by atomic mass is 10.5. The Morgan fingerprint density at radius 2 is 2.43 bits per heavy atom. The Hall–Kier alpha value is -0.960. The minimum Gasteiger partial charge on any atom is -0.293 e. The molecule has 76 valence electrons. The zero-order valence-electron chi connectivity index (χ0n) is 7.04. The molecule has 2 rings (SSSR count). The van der Waals surface area contributed by atoms with Crippen LogP contribution in [-0.4, -0.2) is 17.8 Å². The van der Waals surface area contributed by atoms with Gasteiger partial charge in [0.2, 0.25) is 0 Å². The topological polar surface area (TPSA) is 89.5 Å². The van der Waals surface area contributed by atoms with Gasteiger partial charge in [-0.25, -0.2) is 10.1 Å². The summed E-state index contributed by atoms with van der Waals surface area (Å²) < 4.78 is 25.3. The minimum absolute atomic E-state index is 0.176. The predicted octanol–water partition coefficient (Wildman–Crippen LogP) is -0.311. The molecule has 0 bridgehead atoms. The van der Waals surface area contributed by atoms with Gasteiger partial charge in [0.15, 0.2) is 0 Å². The third-order valence-corrected chi connectivity index (χ3v) is 3.16. The van der Waals surface area contributed by atoms with E-state index >= 15 is 0 Å². The number of aromatic nitrogens is 2. The fourth-order valence-corrected chi connectivity index (χ4v) is 2.27. The molecule has 2 aromatic rings. The van der Waals surface area contributed by atoms with Crippen LogP contribution in [0.1, 0.15) is 5.69 Å². The van der Waals surface area contributed by atoms with Crippen LogP contribution in [0.4, 0.5) is 0 Å². The SMILES string of the molecule is NS(=O)(=O)NCc1csc2cncn12. The van der Waals surface area contributed by atoms with Gasteiger partial charge in [-0.1, -0.05) is 0 Å². The van der Waals surface area contributed by atoms with Crippen LogP contribution in [0.2, 0.25) is 0 Å². The molecule has 0 atom stereocenters. The first-order chi connectivity index (χ1) is 6.56. The third kappa shape index (κ3) is 1.93. The largest absolute Gasteiger partial charge is 0.293 e. The van der Waals surface area contributed by atoms with Crippen molar-refractivity contribution >= 4 is 26.4 Å². The summed E-state index contributed by atoms with van der Waals surface area (Å²) in [6, 6.07) is 0. The van der Waals surface area contributed by atoms with Crippen molar-refractivity contribution in [2.24, 2.45) is 5.14 Å². The van der Waals surface area contributed by atoms with Crippen LogP contribution < -0.4 is 9.86 Å². The Balaban J connectivity index is 2.24. The second-order valence-corrected chi connectivity index (χ2v) is 4.96. The standard InChI is InChI=1S/C6H8N4O2S2/c7-14(11,12)9-1-5-3-13-6-2-8-4-10(5)6/h2-4,9H,1H2,(H2,7,11,12). The Morgan fingerprint density at radius 1 is 1.64 bits per heavy atom. The number of thiazole rings is 1. The fraction of sp³-hybridized carbons (Fsp3) is 0.167. The van der Waals surface area contributed by atoms with Crippen LogP contribution in [-0.2, 0) is 16.8 Å². The van der Waals surface area contributed by atoms with Crippen LogP contribution in [0.5, 0.6) is 0 Å². The highest BCUT2D eigenvalue weighted by Gasteiger charge is 2.06. The van der Waals surface area contributed by atoms with Gasteiger partial charge in [-0.3, -0.25) is 4.40 Å². The van der Waals surface area contributed by atoms with E-state index in [4.69, 9.17) is 5.14 Å². The second-order valence-electron chi connectivity index (χ2n) is 2.70. The summed E-state index contributed by atoms with van der Waals surface area (Å²) in [4.78, 5) is 4.90. The second kappa shape index (κ2) is 3.31. The van der Waals surface area contributed by atoms with Crippen molar-refractivity contribution < 1.29 is 8.42 Å². The van der Waals surface area contributed by atoms with Gasteiger partial charge in [-0.2, -0.15) is 13.1 Å². The summed E-state index contributed by atoms with van der Waals surface area (Å²) in [5.74, 6) is 0. The smallest absolute Gasteiger partial charge is 0.274 e. The van der Waals surface area contributed by atoms with Gasteiger partial charge in [-0.05, 0) is 0 Å². The quantitative estimate of drug-likeness (QED) is 0.760. The highest BCUT2D eigenvalue weighted by molar-refractivity contribution is 7.87. The average molecular weight is 232 g/mol. The van der Waals surface area contributed by atoms with Crippen molar-refractivity contribution in [3.05, 3.63) is 23.6 Å². The van der Waals surface area contributed by atoms with Crippen molar-refractivity contribution in [3.8, 4) is 0 Å². The molecule has 8 heteroatoms. The molecule has 0 radical (unpaired) electrons. The molecular formula is C6H8N4O2S2. The monoisotopic (exact) mass is 232 g/mol. The number of hydrogen-bond acceptors (Lipinski definition) is 4. The lowest BCUT2D eigenvalue weighted by Crippen LogP contribution is -2.30. The Bertz CT molecular complexity index is 541. The van der Waals surface area contributed by atoms with E-state index < -0.39 is 10.2 Å². The van der Waals surface area contributed by atoms with Crippen LogP contribution in [0.25, 0.3) is 4.83 Å². The molecule has 6 nitrogen and oxygen atoms in total. The van der Waals surface area contributed by atoms with Crippen LogP contribution in [0.15, 0.2) is 17.9 Å². The van der Waals surface area contributed by atoms with Gasteiger partial charge >= 0.3 is 0 Å². The maximum Gasteiger partial charge on any atom is 0.274 e. The first-order valence-corrected chi connectivity index (χ1v) is 6.15. The maximum atomic E-state index is 10.6. The molecule has 0 aromatic carbocycles. The number of hydrogen-bond donors (Lipinski definition) is 2. The molecule has 0 unspecified atom stereocenters. The fourth-order valence-electron chi connectivity index (χ4n) is 1.07. The zero-order valence-corrected chi connectivity index (χ0v) is 8.68.